The molecule has 3 aromatic rings. The topological polar surface area (TPSA) is 219 Å². The van der Waals surface area contributed by atoms with E-state index in [1.807, 2.05) is 83.1 Å². The molecule has 1 amide bonds. The molecular weight excluding hydrogens is 837 g/mol. The van der Waals surface area contributed by atoms with Gasteiger partial charge in [0, 0.05) is 18.5 Å². The third-order valence-corrected chi connectivity index (χ3v) is 11.5. The zero-order valence-corrected chi connectivity index (χ0v) is 43.3. The Hall–Kier alpha value is -2.70. The summed E-state index contributed by atoms with van der Waals surface area (Å²) in [6.45, 7) is 14.3. The average molecular weight is 906 g/mol. The summed E-state index contributed by atoms with van der Waals surface area (Å²) in [5.41, 5.74) is 3.66. The molecule has 0 saturated carbocycles. The number of carboxylic acid groups (broad SMARTS) is 1. The summed E-state index contributed by atoms with van der Waals surface area (Å²) in [5, 5.41) is 22.1. The van der Waals surface area contributed by atoms with Crippen molar-refractivity contribution >= 4 is 33.9 Å². The summed E-state index contributed by atoms with van der Waals surface area (Å²) in [7, 11) is -4.76. The third-order valence-electron chi connectivity index (χ3n) is 10.4. The number of nitrogens with zero attached hydrogens (tertiary/aromatic N) is 4. The van der Waals surface area contributed by atoms with Gasteiger partial charge in [0.2, 0.25) is 11.7 Å². The fourth-order valence-corrected chi connectivity index (χ4v) is 7.26. The van der Waals surface area contributed by atoms with Crippen LogP contribution in [0.5, 0.6) is 0 Å². The fraction of sp³-hybridized carbons (Fsp3) is 0.614. The Balaban J connectivity index is -0.00000111. The number of carbonyl (C=O) groups excluding carboxylic acids is 3. The number of rotatable bonds is 26. The maximum atomic E-state index is 12.9. The number of aromatic nitrogens is 4. The smallest absolute Gasteiger partial charge is 1.00 e. The first-order valence-corrected chi connectivity index (χ1v) is 22.8. The van der Waals surface area contributed by atoms with Gasteiger partial charge in [-0.05, 0) is 58.9 Å². The van der Waals surface area contributed by atoms with Crippen LogP contribution in [0.15, 0.2) is 48.5 Å². The van der Waals surface area contributed by atoms with Crippen molar-refractivity contribution in [1.29, 1.82) is 0 Å². The molecule has 0 spiro atoms. The minimum Gasteiger partial charge on any atom is -1.00 e. The van der Waals surface area contributed by atoms with E-state index in [9.17, 15) is 37.3 Å². The van der Waals surface area contributed by atoms with Crippen molar-refractivity contribution in [2.24, 2.45) is 17.8 Å². The summed E-state index contributed by atoms with van der Waals surface area (Å²) in [6, 6.07) is 14.7. The summed E-state index contributed by atoms with van der Waals surface area (Å²) in [5.74, 6) is -2.39. The monoisotopic (exact) mass is 905 g/mol. The van der Waals surface area contributed by atoms with Crippen LogP contribution in [-0.2, 0) is 45.3 Å². The number of carboxylic acids is 1. The van der Waals surface area contributed by atoms with Crippen molar-refractivity contribution in [1.82, 2.24) is 25.5 Å². The van der Waals surface area contributed by atoms with E-state index in [1.165, 1.54) is 4.90 Å². The SMILES string of the molecule is CCCCC(=O)N(Cc1ccc(-c2ccccc2-c2nn[nH]n2)cc1)[C@H](C(=O)O)C(C)C.CCCCC(CC)COC(=O)CC(C(=O)OCC(CC)CCCC)S(=O)(=O)O.[H-].[H-].[Na+].[Na+]. The van der Waals surface area contributed by atoms with E-state index in [1.54, 1.807) is 0 Å². The normalized spacial score (nSPS) is 12.9. The predicted octanol–water partition coefficient (Wildman–Crippen LogP) is 2.55. The molecule has 0 aliphatic rings. The number of hydrogen-bond donors (Lipinski definition) is 3. The second kappa shape index (κ2) is 32.0. The van der Waals surface area contributed by atoms with Crippen LogP contribution in [-0.4, -0.2) is 91.9 Å². The molecule has 0 radical (unpaired) electrons. The van der Waals surface area contributed by atoms with Crippen LogP contribution in [0.4, 0.5) is 0 Å². The molecule has 1 aromatic heterocycles. The van der Waals surface area contributed by atoms with Crippen molar-refractivity contribution in [3.05, 3.63) is 54.1 Å². The molecular formula is C44H69N5Na2O10S. The zero-order valence-electron chi connectivity index (χ0n) is 40.5. The van der Waals surface area contributed by atoms with Crippen molar-refractivity contribution in [2.75, 3.05) is 13.2 Å². The van der Waals surface area contributed by atoms with Crippen LogP contribution in [0.3, 0.4) is 0 Å². The van der Waals surface area contributed by atoms with E-state index in [2.05, 4.69) is 34.5 Å². The zero-order chi connectivity index (χ0) is 44.7. The Morgan fingerprint density at radius 1 is 0.806 bits per heavy atom. The first kappa shape index (κ1) is 59.3. The van der Waals surface area contributed by atoms with Gasteiger partial charge in [-0.1, -0.05) is 142 Å². The van der Waals surface area contributed by atoms with Crippen molar-refractivity contribution in [3.8, 4) is 22.5 Å². The third kappa shape index (κ3) is 20.9. The molecule has 62 heavy (non-hydrogen) atoms. The van der Waals surface area contributed by atoms with E-state index in [4.69, 9.17) is 9.47 Å². The van der Waals surface area contributed by atoms with Gasteiger partial charge in [0.15, 0.2) is 5.25 Å². The minimum atomic E-state index is -4.76. The van der Waals surface area contributed by atoms with Gasteiger partial charge in [-0.2, -0.15) is 13.6 Å². The van der Waals surface area contributed by atoms with Crippen LogP contribution in [0.1, 0.15) is 134 Å². The molecule has 0 aliphatic heterocycles. The van der Waals surface area contributed by atoms with Gasteiger partial charge in [-0.25, -0.2) is 4.79 Å². The summed E-state index contributed by atoms with van der Waals surface area (Å²) >= 11 is 0. The quantitative estimate of drug-likeness (QED) is 0.0600. The number of amides is 1. The second-order valence-electron chi connectivity index (χ2n) is 15.5. The summed E-state index contributed by atoms with van der Waals surface area (Å²) < 4.78 is 42.8. The van der Waals surface area contributed by atoms with Crippen molar-refractivity contribution in [3.63, 3.8) is 0 Å². The van der Waals surface area contributed by atoms with Crippen LogP contribution in [0.25, 0.3) is 22.5 Å². The van der Waals surface area contributed by atoms with E-state index < -0.39 is 45.7 Å². The Morgan fingerprint density at radius 3 is 1.82 bits per heavy atom. The van der Waals surface area contributed by atoms with Gasteiger partial charge >= 0.3 is 77.0 Å². The first-order chi connectivity index (χ1) is 28.6. The number of tetrazole rings is 1. The molecule has 18 heteroatoms. The van der Waals surface area contributed by atoms with E-state index >= 15 is 0 Å². The number of unbranched alkanes of at least 4 members (excludes halogenated alkanes) is 3. The van der Waals surface area contributed by atoms with Crippen LogP contribution >= 0.6 is 0 Å². The van der Waals surface area contributed by atoms with Gasteiger partial charge in [0.25, 0.3) is 10.1 Å². The molecule has 4 atom stereocenters. The van der Waals surface area contributed by atoms with E-state index in [-0.39, 0.29) is 105 Å². The molecule has 3 N–H and O–H groups in total. The molecule has 0 fully saturated rings. The van der Waals surface area contributed by atoms with Gasteiger partial charge in [0.1, 0.15) is 6.04 Å². The number of nitrogens with one attached hydrogen (secondary N) is 1. The molecule has 338 valence electrons. The van der Waals surface area contributed by atoms with E-state index in [0.717, 1.165) is 86.5 Å². The molecule has 0 saturated heterocycles. The van der Waals surface area contributed by atoms with Crippen molar-refractivity contribution < 1.29 is 109 Å². The van der Waals surface area contributed by atoms with Gasteiger partial charge < -0.3 is 22.3 Å². The molecule has 15 nitrogen and oxygen atoms in total. The summed E-state index contributed by atoms with van der Waals surface area (Å²) in [4.78, 5) is 50.5. The van der Waals surface area contributed by atoms with E-state index in [0.29, 0.717) is 12.2 Å². The number of esters is 2. The number of hydrogen-bond acceptors (Lipinski definition) is 11. The second-order valence-corrected chi connectivity index (χ2v) is 17.1. The fourth-order valence-electron chi connectivity index (χ4n) is 6.60. The minimum absolute atomic E-state index is 0. The Labute approximate surface area is 415 Å². The molecule has 3 rings (SSSR count). The number of aromatic amines is 1. The first-order valence-electron chi connectivity index (χ1n) is 21.3. The Bertz CT molecular complexity index is 1860. The van der Waals surface area contributed by atoms with Crippen LogP contribution in [0, 0.1) is 17.8 Å². The number of benzene rings is 2. The van der Waals surface area contributed by atoms with Crippen LogP contribution in [0.2, 0.25) is 0 Å². The predicted molar refractivity (Wildman–Crippen MR) is 232 cm³/mol. The molecule has 1 heterocycles. The number of H-pyrrole nitrogens is 1. The van der Waals surface area contributed by atoms with Gasteiger partial charge in [-0.3, -0.25) is 18.9 Å². The van der Waals surface area contributed by atoms with Crippen molar-refractivity contribution in [2.45, 2.75) is 143 Å². The molecule has 0 bridgehead atoms. The standard InChI is InChI=1S/C24H29N5O3.C20H38O7S.2Na.2H/c1-4-5-10-21(30)29(22(16(2)3)24(31)32)15-17-11-13-18(14-12-17)19-8-6-7-9-20(19)23-25-27-28-26-23;1-5-9-11-16(7-3)14-26-19(21)13-18(28(23,24)25)20(22)27-15-17(8-4)12-10-6-2;;;;/h6-9,11-14,16,22H,4-5,10,15H2,1-3H3,(H,31,32)(H,25,26,27,28);16-18H,5-15H2,1-4H3,(H,23,24,25);;;;/q;;2*+1;2*-1/t22-;;;;;/m0...../s1. The maximum Gasteiger partial charge on any atom is 1.00 e. The average Bonchev–Trinajstić information content (AvgIpc) is 3.77. The molecule has 3 unspecified atom stereocenters. The Kier molecular flexibility index (Phi) is 30.6. The largest absolute Gasteiger partial charge is 1.00 e. The van der Waals surface area contributed by atoms with Crippen LogP contribution < -0.4 is 59.1 Å². The maximum absolute atomic E-state index is 12.9. The number of ether oxygens (including phenoxy) is 2. The number of carbonyl (C=O) groups is 4. The van der Waals surface area contributed by atoms with Gasteiger partial charge in [0.05, 0.1) is 19.6 Å². The summed E-state index contributed by atoms with van der Waals surface area (Å²) in [6.07, 6.45) is 8.72. The molecule has 0 aliphatic carbocycles. The number of aliphatic carboxylic acids is 1. The molecule has 2 aromatic carbocycles. The Morgan fingerprint density at radius 2 is 1.35 bits per heavy atom. The van der Waals surface area contributed by atoms with Gasteiger partial charge in [-0.15, -0.1) is 10.2 Å².